The number of halogens is 1. The first kappa shape index (κ1) is 15.1. The highest BCUT2D eigenvalue weighted by atomic mass is 35.5. The fraction of sp³-hybridized carbons (Fsp3) is 0.933. The molecule has 0 aromatic rings. The molecule has 1 spiro atoms. The Labute approximate surface area is 122 Å². The molecule has 1 N–H and O–H groups in total. The number of likely N-dealkylation sites (tertiary alicyclic amines) is 1. The maximum absolute atomic E-state index is 12.4. The number of hydrogen-bond acceptors (Lipinski definition) is 2. The number of amides is 1. The lowest BCUT2D eigenvalue weighted by molar-refractivity contribution is -0.137. The second-order valence-corrected chi connectivity index (χ2v) is 6.58. The van der Waals surface area contributed by atoms with Crippen LogP contribution in [0.3, 0.4) is 0 Å². The van der Waals surface area contributed by atoms with Crippen molar-refractivity contribution < 1.29 is 4.79 Å². The van der Waals surface area contributed by atoms with Gasteiger partial charge in [-0.25, -0.2) is 0 Å². The second-order valence-electron chi connectivity index (χ2n) is 6.58. The number of nitrogens with zero attached hydrogens (tertiary/aromatic N) is 1. The van der Waals surface area contributed by atoms with Gasteiger partial charge in [0.15, 0.2) is 0 Å². The van der Waals surface area contributed by atoms with Crippen LogP contribution in [0.4, 0.5) is 0 Å². The molecule has 3 aliphatic rings. The lowest BCUT2D eigenvalue weighted by Gasteiger charge is -2.44. The summed E-state index contributed by atoms with van der Waals surface area (Å²) in [4.78, 5) is 14.5. The van der Waals surface area contributed by atoms with Crippen LogP contribution in [0.25, 0.3) is 0 Å². The van der Waals surface area contributed by atoms with Crippen molar-refractivity contribution in [3.63, 3.8) is 0 Å². The topological polar surface area (TPSA) is 32.3 Å². The third-order valence-electron chi connectivity index (χ3n) is 5.46. The highest BCUT2D eigenvalue weighted by molar-refractivity contribution is 5.85. The first-order chi connectivity index (χ1) is 8.79. The van der Waals surface area contributed by atoms with Crippen LogP contribution in [0.1, 0.15) is 51.4 Å². The molecule has 0 bridgehead atoms. The number of nitrogens with one attached hydrogen (secondary N) is 1. The van der Waals surface area contributed by atoms with Crippen molar-refractivity contribution in [3.8, 4) is 0 Å². The van der Waals surface area contributed by atoms with Crippen molar-refractivity contribution in [2.75, 3.05) is 26.2 Å². The van der Waals surface area contributed by atoms with Crippen molar-refractivity contribution in [1.82, 2.24) is 10.2 Å². The summed E-state index contributed by atoms with van der Waals surface area (Å²) in [5, 5.41) is 3.30. The van der Waals surface area contributed by atoms with Crippen molar-refractivity contribution >= 4 is 18.3 Å². The van der Waals surface area contributed by atoms with Gasteiger partial charge >= 0.3 is 0 Å². The van der Waals surface area contributed by atoms with E-state index in [1.807, 2.05) is 0 Å². The summed E-state index contributed by atoms with van der Waals surface area (Å²) in [7, 11) is 0. The van der Waals surface area contributed by atoms with Crippen LogP contribution < -0.4 is 5.32 Å². The van der Waals surface area contributed by atoms with Gasteiger partial charge in [0.2, 0.25) is 5.91 Å². The number of hydrogen-bond donors (Lipinski definition) is 1. The van der Waals surface area contributed by atoms with Crippen molar-refractivity contribution in [2.45, 2.75) is 51.4 Å². The summed E-state index contributed by atoms with van der Waals surface area (Å²) < 4.78 is 0. The summed E-state index contributed by atoms with van der Waals surface area (Å²) >= 11 is 0. The molecule has 110 valence electrons. The molecule has 4 heteroatoms. The Morgan fingerprint density at radius 1 is 1.05 bits per heavy atom. The standard InChI is InChI=1S/C15H26N2O.ClH/c18-14(13-4-9-16-12-13)17-10-7-15(8-11-17)5-2-1-3-6-15;/h13,16H,1-12H2;1H. The predicted molar refractivity (Wildman–Crippen MR) is 79.6 cm³/mol. The van der Waals surface area contributed by atoms with Gasteiger partial charge in [-0.2, -0.15) is 0 Å². The van der Waals surface area contributed by atoms with Crippen molar-refractivity contribution in [2.24, 2.45) is 11.3 Å². The minimum atomic E-state index is 0. The van der Waals surface area contributed by atoms with E-state index in [0.29, 0.717) is 11.3 Å². The minimum absolute atomic E-state index is 0. The average molecular weight is 287 g/mol. The predicted octanol–water partition coefficient (Wildman–Crippen LogP) is 2.59. The zero-order valence-electron chi connectivity index (χ0n) is 11.8. The van der Waals surface area contributed by atoms with Gasteiger partial charge in [-0.05, 0) is 44.1 Å². The first-order valence-corrected chi connectivity index (χ1v) is 7.79. The van der Waals surface area contributed by atoms with Gasteiger partial charge in [-0.1, -0.05) is 19.3 Å². The largest absolute Gasteiger partial charge is 0.342 e. The SMILES string of the molecule is Cl.O=C(C1CCNC1)N1CCC2(CCCCC2)CC1. The summed E-state index contributed by atoms with van der Waals surface area (Å²) in [6.07, 6.45) is 10.7. The quantitative estimate of drug-likeness (QED) is 0.804. The number of piperidine rings is 1. The van der Waals surface area contributed by atoms with Gasteiger partial charge in [0.1, 0.15) is 0 Å². The number of rotatable bonds is 1. The Kier molecular flexibility index (Phi) is 5.13. The molecule has 1 saturated carbocycles. The lowest BCUT2D eigenvalue weighted by atomic mass is 9.68. The summed E-state index contributed by atoms with van der Waals surface area (Å²) in [6.45, 7) is 3.97. The highest BCUT2D eigenvalue weighted by Crippen LogP contribution is 2.44. The second kappa shape index (κ2) is 6.45. The Balaban J connectivity index is 0.00000133. The highest BCUT2D eigenvalue weighted by Gasteiger charge is 2.38. The molecule has 1 aliphatic carbocycles. The molecule has 3 rings (SSSR count). The van der Waals surface area contributed by atoms with Crippen LogP contribution in [0.5, 0.6) is 0 Å². The van der Waals surface area contributed by atoms with Gasteiger partial charge in [-0.3, -0.25) is 4.79 Å². The summed E-state index contributed by atoms with van der Waals surface area (Å²) in [5.41, 5.74) is 0.614. The summed E-state index contributed by atoms with van der Waals surface area (Å²) in [5.74, 6) is 0.691. The van der Waals surface area contributed by atoms with E-state index in [0.717, 1.165) is 32.6 Å². The van der Waals surface area contributed by atoms with E-state index in [-0.39, 0.29) is 18.3 Å². The Bertz CT molecular complexity index is 299. The molecule has 2 heterocycles. The van der Waals surface area contributed by atoms with Crippen LogP contribution in [0.2, 0.25) is 0 Å². The van der Waals surface area contributed by atoms with E-state index in [4.69, 9.17) is 0 Å². The van der Waals surface area contributed by atoms with E-state index in [9.17, 15) is 4.79 Å². The molecule has 0 aromatic carbocycles. The normalized spacial score (nSPS) is 30.1. The van der Waals surface area contributed by atoms with Crippen molar-refractivity contribution in [3.05, 3.63) is 0 Å². The van der Waals surface area contributed by atoms with Crippen LogP contribution >= 0.6 is 12.4 Å². The van der Waals surface area contributed by atoms with Crippen LogP contribution in [0.15, 0.2) is 0 Å². The Hall–Kier alpha value is -0.280. The molecule has 3 nitrogen and oxygen atoms in total. The molecule has 1 unspecified atom stereocenters. The van der Waals surface area contributed by atoms with E-state index >= 15 is 0 Å². The van der Waals surface area contributed by atoms with Gasteiger partial charge < -0.3 is 10.2 Å². The molecule has 2 aliphatic heterocycles. The van der Waals surface area contributed by atoms with Crippen LogP contribution in [0, 0.1) is 11.3 Å². The Morgan fingerprint density at radius 2 is 1.74 bits per heavy atom. The molecule has 3 fully saturated rings. The van der Waals surface area contributed by atoms with Crippen molar-refractivity contribution in [1.29, 1.82) is 0 Å². The van der Waals surface area contributed by atoms with E-state index < -0.39 is 0 Å². The fourth-order valence-corrected chi connectivity index (χ4v) is 4.13. The van der Waals surface area contributed by atoms with Gasteiger partial charge in [0.25, 0.3) is 0 Å². The van der Waals surface area contributed by atoms with Gasteiger partial charge in [0, 0.05) is 19.6 Å². The van der Waals surface area contributed by atoms with Crippen LogP contribution in [-0.4, -0.2) is 37.0 Å². The maximum atomic E-state index is 12.4. The van der Waals surface area contributed by atoms with Gasteiger partial charge in [0.05, 0.1) is 5.92 Å². The molecule has 0 radical (unpaired) electrons. The zero-order chi connectivity index (χ0) is 12.4. The minimum Gasteiger partial charge on any atom is -0.342 e. The van der Waals surface area contributed by atoms with E-state index in [1.54, 1.807) is 0 Å². The molecular formula is C15H27ClN2O. The lowest BCUT2D eigenvalue weighted by Crippen LogP contribution is -2.46. The molecule has 1 amide bonds. The molecule has 2 saturated heterocycles. The molecular weight excluding hydrogens is 260 g/mol. The Morgan fingerprint density at radius 3 is 2.32 bits per heavy atom. The van der Waals surface area contributed by atoms with E-state index in [2.05, 4.69) is 10.2 Å². The maximum Gasteiger partial charge on any atom is 0.227 e. The average Bonchev–Trinajstić information content (AvgIpc) is 2.94. The molecule has 0 aromatic heterocycles. The number of carbonyl (C=O) groups is 1. The number of carbonyl (C=O) groups excluding carboxylic acids is 1. The third-order valence-corrected chi connectivity index (χ3v) is 5.46. The molecule has 1 atom stereocenters. The monoisotopic (exact) mass is 286 g/mol. The summed E-state index contributed by atoms with van der Waals surface area (Å²) in [6, 6.07) is 0. The third kappa shape index (κ3) is 3.25. The smallest absolute Gasteiger partial charge is 0.227 e. The van der Waals surface area contributed by atoms with E-state index in [1.165, 1.54) is 44.9 Å². The molecule has 19 heavy (non-hydrogen) atoms. The fourth-order valence-electron chi connectivity index (χ4n) is 4.13. The zero-order valence-corrected chi connectivity index (χ0v) is 12.6. The van der Waals surface area contributed by atoms with Crippen LogP contribution in [-0.2, 0) is 4.79 Å². The first-order valence-electron chi connectivity index (χ1n) is 7.79. The van der Waals surface area contributed by atoms with Gasteiger partial charge in [-0.15, -0.1) is 12.4 Å².